The molecule has 17 heavy (non-hydrogen) atoms. The van der Waals surface area contributed by atoms with E-state index in [1.54, 1.807) is 6.20 Å². The number of rotatable bonds is 2. The maximum Gasteiger partial charge on any atom is 0.128 e. The number of nitrogens with one attached hydrogen (secondary N) is 1. The fourth-order valence-electron chi connectivity index (χ4n) is 1.94. The minimum atomic E-state index is 0.0486. The number of nitrogens with zero attached hydrogens (tertiary/aromatic N) is 2. The van der Waals surface area contributed by atoms with Gasteiger partial charge < -0.3 is 15.4 Å². The van der Waals surface area contributed by atoms with Crippen molar-refractivity contribution in [1.82, 2.24) is 4.98 Å². The van der Waals surface area contributed by atoms with Crippen molar-refractivity contribution in [1.29, 1.82) is 5.41 Å². The van der Waals surface area contributed by atoms with Crippen LogP contribution in [-0.4, -0.2) is 36.1 Å². The molecule has 1 aromatic heterocycles. The van der Waals surface area contributed by atoms with Crippen molar-refractivity contribution in [2.24, 2.45) is 5.73 Å². The number of nitrogens with two attached hydrogens (primary N) is 1. The quantitative estimate of drug-likeness (QED) is 0.591. The molecule has 5 nitrogen and oxygen atoms in total. The fraction of sp³-hybridized carbons (Fsp3) is 0.500. The van der Waals surface area contributed by atoms with E-state index in [4.69, 9.17) is 15.9 Å². The van der Waals surface area contributed by atoms with Crippen LogP contribution in [0.2, 0.25) is 0 Å². The summed E-state index contributed by atoms with van der Waals surface area (Å²) in [5.74, 6) is 0.963. The third kappa shape index (κ3) is 2.55. The number of amidine groups is 1. The Hall–Kier alpha value is -1.62. The Bertz CT molecular complexity index is 403. The Balaban J connectivity index is 2.18. The molecule has 0 bridgehead atoms. The van der Waals surface area contributed by atoms with Crippen LogP contribution >= 0.6 is 0 Å². The second-order valence-electron chi connectivity index (χ2n) is 4.46. The Morgan fingerprint density at radius 2 is 2.29 bits per heavy atom. The van der Waals surface area contributed by atoms with Gasteiger partial charge >= 0.3 is 0 Å². The molecular formula is C12H18N4O. The minimum absolute atomic E-state index is 0.0486. The van der Waals surface area contributed by atoms with Gasteiger partial charge in [-0.25, -0.2) is 4.98 Å². The number of hydrogen-bond acceptors (Lipinski definition) is 4. The molecule has 0 aromatic carbocycles. The smallest absolute Gasteiger partial charge is 0.128 e. The van der Waals surface area contributed by atoms with Crippen LogP contribution in [-0.2, 0) is 4.74 Å². The van der Waals surface area contributed by atoms with Gasteiger partial charge in [0.15, 0.2) is 0 Å². The fourth-order valence-corrected chi connectivity index (χ4v) is 1.94. The number of hydrogen-bond donors (Lipinski definition) is 2. The van der Waals surface area contributed by atoms with Crippen molar-refractivity contribution in [3.8, 4) is 0 Å². The molecule has 1 saturated heterocycles. The van der Waals surface area contributed by atoms with Crippen molar-refractivity contribution in [2.75, 3.05) is 18.1 Å². The normalized spacial score (nSPS) is 24.7. The van der Waals surface area contributed by atoms with Crippen molar-refractivity contribution < 1.29 is 4.74 Å². The summed E-state index contributed by atoms with van der Waals surface area (Å²) in [5.41, 5.74) is 6.06. The zero-order valence-corrected chi connectivity index (χ0v) is 10.2. The first kappa shape index (κ1) is 11.9. The molecule has 0 unspecified atom stereocenters. The molecule has 92 valence electrons. The highest BCUT2D eigenvalue weighted by molar-refractivity contribution is 5.94. The molecule has 2 heterocycles. The molecule has 3 N–H and O–H groups in total. The number of aromatic nitrogens is 1. The van der Waals surface area contributed by atoms with Crippen molar-refractivity contribution in [3.05, 3.63) is 23.9 Å². The molecule has 1 aliphatic heterocycles. The van der Waals surface area contributed by atoms with Crippen molar-refractivity contribution in [2.45, 2.75) is 26.0 Å². The zero-order valence-electron chi connectivity index (χ0n) is 10.2. The highest BCUT2D eigenvalue weighted by Gasteiger charge is 2.24. The molecule has 0 radical (unpaired) electrons. The summed E-state index contributed by atoms with van der Waals surface area (Å²) in [7, 11) is 0. The maximum atomic E-state index is 7.33. The molecule has 1 aromatic rings. The standard InChI is InChI=1S/C12H18N4O/c1-8-7-17-9(2)6-16(8)11-4-3-10(5-15-11)12(13)14/h3-5,8-9H,6-7H2,1-2H3,(H3,13,14)/t8-,9+/m0/s1. The molecule has 0 saturated carbocycles. The van der Waals surface area contributed by atoms with Crippen LogP contribution < -0.4 is 10.6 Å². The highest BCUT2D eigenvalue weighted by Crippen LogP contribution is 2.19. The van der Waals surface area contributed by atoms with Gasteiger partial charge in [-0.05, 0) is 26.0 Å². The van der Waals surface area contributed by atoms with Crippen LogP contribution in [0.1, 0.15) is 19.4 Å². The van der Waals surface area contributed by atoms with Gasteiger partial charge in [-0.2, -0.15) is 0 Å². The SMILES string of the molecule is C[C@@H]1CN(c2ccc(C(=N)N)cn2)[C@@H](C)CO1. The van der Waals surface area contributed by atoms with Crippen LogP contribution in [0.4, 0.5) is 5.82 Å². The Morgan fingerprint density at radius 3 is 2.88 bits per heavy atom. The molecule has 1 fully saturated rings. The summed E-state index contributed by atoms with van der Waals surface area (Å²) >= 11 is 0. The third-order valence-electron chi connectivity index (χ3n) is 2.96. The van der Waals surface area contributed by atoms with Crippen LogP contribution in [0.25, 0.3) is 0 Å². The lowest BCUT2D eigenvalue weighted by atomic mass is 10.2. The van der Waals surface area contributed by atoms with E-state index < -0.39 is 0 Å². The van der Waals surface area contributed by atoms with Crippen molar-refractivity contribution in [3.63, 3.8) is 0 Å². The second-order valence-corrected chi connectivity index (χ2v) is 4.46. The summed E-state index contributed by atoms with van der Waals surface area (Å²) in [6.45, 7) is 5.74. The van der Waals surface area contributed by atoms with Gasteiger partial charge in [0.25, 0.3) is 0 Å². The van der Waals surface area contributed by atoms with Crippen LogP contribution in [0.5, 0.6) is 0 Å². The van der Waals surface area contributed by atoms with Gasteiger partial charge in [-0.3, -0.25) is 5.41 Å². The zero-order chi connectivity index (χ0) is 12.4. The molecular weight excluding hydrogens is 216 g/mol. The lowest BCUT2D eigenvalue weighted by Gasteiger charge is -2.37. The molecule has 0 aliphatic carbocycles. The van der Waals surface area contributed by atoms with Crippen LogP contribution in [0, 0.1) is 5.41 Å². The monoisotopic (exact) mass is 234 g/mol. The largest absolute Gasteiger partial charge is 0.384 e. The summed E-state index contributed by atoms with van der Waals surface area (Å²) < 4.78 is 5.58. The van der Waals surface area contributed by atoms with Gasteiger partial charge in [-0.15, -0.1) is 0 Å². The molecule has 5 heteroatoms. The molecule has 2 atom stereocenters. The second kappa shape index (κ2) is 4.71. The number of morpholine rings is 1. The van der Waals surface area contributed by atoms with E-state index in [0.717, 1.165) is 19.0 Å². The first-order valence-corrected chi connectivity index (χ1v) is 5.76. The number of anilines is 1. The first-order valence-electron chi connectivity index (χ1n) is 5.76. The van der Waals surface area contributed by atoms with Crippen LogP contribution in [0.3, 0.4) is 0 Å². The molecule has 0 amide bonds. The maximum absolute atomic E-state index is 7.33. The molecule has 1 aliphatic rings. The van der Waals surface area contributed by atoms with Gasteiger partial charge in [0.05, 0.1) is 18.8 Å². The van der Waals surface area contributed by atoms with E-state index in [9.17, 15) is 0 Å². The van der Waals surface area contributed by atoms with Crippen LogP contribution in [0.15, 0.2) is 18.3 Å². The Morgan fingerprint density at radius 1 is 1.53 bits per heavy atom. The number of ether oxygens (including phenoxy) is 1. The molecule has 0 spiro atoms. The van der Waals surface area contributed by atoms with Gasteiger partial charge in [0.2, 0.25) is 0 Å². The van der Waals surface area contributed by atoms with E-state index in [1.807, 2.05) is 12.1 Å². The summed E-state index contributed by atoms with van der Waals surface area (Å²) in [5, 5.41) is 7.33. The van der Waals surface area contributed by atoms with Crippen molar-refractivity contribution >= 4 is 11.7 Å². The summed E-state index contributed by atoms with van der Waals surface area (Å²) in [6, 6.07) is 4.06. The van der Waals surface area contributed by atoms with Gasteiger partial charge in [-0.1, -0.05) is 0 Å². The molecule has 2 rings (SSSR count). The summed E-state index contributed by atoms with van der Waals surface area (Å²) in [4.78, 5) is 6.58. The lowest BCUT2D eigenvalue weighted by molar-refractivity contribution is 0.0340. The summed E-state index contributed by atoms with van der Waals surface area (Å²) in [6.07, 6.45) is 1.87. The van der Waals surface area contributed by atoms with E-state index in [2.05, 4.69) is 23.7 Å². The van der Waals surface area contributed by atoms with E-state index in [1.165, 1.54) is 0 Å². The third-order valence-corrected chi connectivity index (χ3v) is 2.96. The average molecular weight is 234 g/mol. The van der Waals surface area contributed by atoms with Gasteiger partial charge in [0.1, 0.15) is 11.7 Å². The minimum Gasteiger partial charge on any atom is -0.384 e. The first-order chi connectivity index (χ1) is 8.08. The lowest BCUT2D eigenvalue weighted by Crippen LogP contribution is -2.47. The highest BCUT2D eigenvalue weighted by atomic mass is 16.5. The van der Waals surface area contributed by atoms with E-state index in [-0.39, 0.29) is 11.9 Å². The predicted molar refractivity (Wildman–Crippen MR) is 67.5 cm³/mol. The predicted octanol–water partition coefficient (Wildman–Crippen LogP) is 0.979. The van der Waals surface area contributed by atoms with Gasteiger partial charge in [0, 0.05) is 18.3 Å². The van der Waals surface area contributed by atoms with E-state index >= 15 is 0 Å². The topological polar surface area (TPSA) is 75.2 Å². The van der Waals surface area contributed by atoms with E-state index in [0.29, 0.717) is 11.6 Å². The number of nitrogen functional groups attached to an aromatic ring is 1. The average Bonchev–Trinajstić information content (AvgIpc) is 2.32. The Labute approximate surface area is 101 Å². The Kier molecular flexibility index (Phi) is 3.28. The number of pyridine rings is 1.